The lowest BCUT2D eigenvalue weighted by atomic mass is 9.99. The number of H-pyrrole nitrogens is 1. The average Bonchev–Trinajstić information content (AvgIpc) is 3.72. The zero-order valence-electron chi connectivity index (χ0n) is 23.1. The van der Waals surface area contributed by atoms with Crippen molar-refractivity contribution < 1.29 is 4.42 Å². The molecule has 3 heteroatoms. The van der Waals surface area contributed by atoms with Crippen molar-refractivity contribution in [2.45, 2.75) is 0 Å². The Morgan fingerprint density at radius 3 is 2.07 bits per heavy atom. The number of furan rings is 1. The molecule has 0 amide bonds. The summed E-state index contributed by atoms with van der Waals surface area (Å²) in [6, 6.07) is 50.2. The molecule has 10 rings (SSSR count). The molecule has 7 aromatic carbocycles. The lowest BCUT2D eigenvalue weighted by Gasteiger charge is -2.09. The van der Waals surface area contributed by atoms with Gasteiger partial charge in [0.1, 0.15) is 11.2 Å². The van der Waals surface area contributed by atoms with Gasteiger partial charge in [-0.05, 0) is 76.5 Å². The quantitative estimate of drug-likeness (QED) is 0.229. The minimum atomic E-state index is 0.926. The lowest BCUT2D eigenvalue weighted by Crippen LogP contribution is -1.93. The predicted octanol–water partition coefficient (Wildman–Crippen LogP) is 11.1. The molecule has 3 nitrogen and oxygen atoms in total. The van der Waals surface area contributed by atoms with Crippen LogP contribution >= 0.6 is 0 Å². The van der Waals surface area contributed by atoms with E-state index in [0.29, 0.717) is 0 Å². The van der Waals surface area contributed by atoms with E-state index in [9.17, 15) is 0 Å². The van der Waals surface area contributed by atoms with Crippen LogP contribution in [-0.2, 0) is 0 Å². The van der Waals surface area contributed by atoms with Crippen LogP contribution in [0.15, 0.2) is 144 Å². The van der Waals surface area contributed by atoms with Gasteiger partial charge in [-0.1, -0.05) is 84.9 Å². The van der Waals surface area contributed by atoms with E-state index in [1.54, 1.807) is 0 Å². The molecule has 3 heterocycles. The Labute approximate surface area is 246 Å². The average molecular weight is 549 g/mol. The molecule has 3 aromatic heterocycles. The Balaban J connectivity index is 1.18. The van der Waals surface area contributed by atoms with Gasteiger partial charge < -0.3 is 14.0 Å². The number of nitrogens with one attached hydrogen (secondary N) is 1. The van der Waals surface area contributed by atoms with Gasteiger partial charge in [-0.3, -0.25) is 0 Å². The second-order valence-electron chi connectivity index (χ2n) is 11.5. The van der Waals surface area contributed by atoms with Crippen LogP contribution in [0.1, 0.15) is 0 Å². The molecule has 0 saturated carbocycles. The third-order valence-corrected chi connectivity index (χ3v) is 9.10. The molecule has 0 aliphatic heterocycles. The van der Waals surface area contributed by atoms with E-state index in [1.807, 2.05) is 12.1 Å². The zero-order valence-corrected chi connectivity index (χ0v) is 23.1. The third kappa shape index (κ3) is 3.19. The fourth-order valence-electron chi connectivity index (χ4n) is 7.13. The molecule has 0 saturated heterocycles. The van der Waals surface area contributed by atoms with Crippen LogP contribution in [0.4, 0.5) is 0 Å². The number of fused-ring (bicyclic) bond motifs is 11. The molecule has 0 atom stereocenters. The number of aromatic nitrogens is 2. The van der Waals surface area contributed by atoms with E-state index in [-0.39, 0.29) is 0 Å². The van der Waals surface area contributed by atoms with E-state index in [4.69, 9.17) is 4.42 Å². The topological polar surface area (TPSA) is 33.9 Å². The first-order chi connectivity index (χ1) is 21.3. The summed E-state index contributed by atoms with van der Waals surface area (Å²) in [6.07, 6.45) is 0. The van der Waals surface area contributed by atoms with Gasteiger partial charge in [-0.25, -0.2) is 0 Å². The van der Waals surface area contributed by atoms with Gasteiger partial charge in [-0.15, -0.1) is 0 Å². The molecule has 0 aliphatic carbocycles. The lowest BCUT2D eigenvalue weighted by molar-refractivity contribution is 0.669. The van der Waals surface area contributed by atoms with Crippen molar-refractivity contribution in [2.75, 3.05) is 0 Å². The summed E-state index contributed by atoms with van der Waals surface area (Å²) in [6.45, 7) is 0. The van der Waals surface area contributed by atoms with E-state index in [0.717, 1.165) is 27.6 Å². The molecule has 0 unspecified atom stereocenters. The highest BCUT2D eigenvalue weighted by atomic mass is 16.3. The van der Waals surface area contributed by atoms with Gasteiger partial charge in [-0.2, -0.15) is 0 Å². The molecular weight excluding hydrogens is 524 g/mol. The van der Waals surface area contributed by atoms with E-state index in [1.165, 1.54) is 65.6 Å². The van der Waals surface area contributed by atoms with Crippen molar-refractivity contribution >= 4 is 76.3 Å². The largest absolute Gasteiger partial charge is 0.456 e. The van der Waals surface area contributed by atoms with Gasteiger partial charge in [0.15, 0.2) is 0 Å². The Bertz CT molecular complexity index is 2720. The smallest absolute Gasteiger partial charge is 0.136 e. The maximum Gasteiger partial charge on any atom is 0.136 e. The fourth-order valence-corrected chi connectivity index (χ4v) is 7.13. The van der Waals surface area contributed by atoms with Crippen LogP contribution < -0.4 is 0 Å². The minimum Gasteiger partial charge on any atom is -0.456 e. The van der Waals surface area contributed by atoms with E-state index < -0.39 is 0 Å². The Morgan fingerprint density at radius 1 is 0.442 bits per heavy atom. The van der Waals surface area contributed by atoms with Crippen LogP contribution in [0.25, 0.3) is 93.1 Å². The first kappa shape index (κ1) is 22.8. The predicted molar refractivity (Wildman–Crippen MR) is 180 cm³/mol. The molecule has 0 spiro atoms. The summed E-state index contributed by atoms with van der Waals surface area (Å²) in [5.74, 6) is 0. The van der Waals surface area contributed by atoms with Crippen LogP contribution in [0.5, 0.6) is 0 Å². The number of aromatic amines is 1. The van der Waals surface area contributed by atoms with Crippen molar-refractivity contribution in [1.82, 2.24) is 9.55 Å². The van der Waals surface area contributed by atoms with Crippen molar-refractivity contribution in [1.29, 1.82) is 0 Å². The summed E-state index contributed by atoms with van der Waals surface area (Å²) in [4.78, 5) is 3.75. The summed E-state index contributed by atoms with van der Waals surface area (Å²) in [7, 11) is 0. The van der Waals surface area contributed by atoms with Crippen LogP contribution in [0.3, 0.4) is 0 Å². The maximum absolute atomic E-state index is 6.17. The second kappa shape index (κ2) is 8.37. The van der Waals surface area contributed by atoms with Crippen molar-refractivity contribution in [3.8, 4) is 16.8 Å². The van der Waals surface area contributed by atoms with Crippen molar-refractivity contribution in [2.24, 2.45) is 0 Å². The molecule has 200 valence electrons. The fraction of sp³-hybridized carbons (Fsp3) is 0. The minimum absolute atomic E-state index is 0.926. The van der Waals surface area contributed by atoms with Gasteiger partial charge >= 0.3 is 0 Å². The van der Waals surface area contributed by atoms with Crippen molar-refractivity contribution in [3.05, 3.63) is 140 Å². The molecule has 1 N–H and O–H groups in total. The van der Waals surface area contributed by atoms with Crippen LogP contribution in [0, 0.1) is 0 Å². The molecule has 0 fully saturated rings. The van der Waals surface area contributed by atoms with Crippen LogP contribution in [0.2, 0.25) is 0 Å². The zero-order chi connectivity index (χ0) is 28.1. The van der Waals surface area contributed by atoms with Crippen LogP contribution in [-0.4, -0.2) is 9.55 Å². The van der Waals surface area contributed by atoms with Gasteiger partial charge in [0.05, 0.1) is 11.0 Å². The molecule has 0 bridgehead atoms. The number of nitrogens with zero attached hydrogens (tertiary/aromatic N) is 1. The maximum atomic E-state index is 6.17. The summed E-state index contributed by atoms with van der Waals surface area (Å²) in [5.41, 5.74) is 10.1. The number of para-hydroxylation sites is 3. The summed E-state index contributed by atoms with van der Waals surface area (Å²) < 4.78 is 8.55. The SMILES string of the molecule is c1ccc(-n2c3ccccc3c3ccc(-c4ccc5c(c4)[nH]c4cc6c(ccc7oc8ccccc8c76)cc45)cc32)cc1. The van der Waals surface area contributed by atoms with Gasteiger partial charge in [0.25, 0.3) is 0 Å². The third-order valence-electron chi connectivity index (χ3n) is 9.10. The Morgan fingerprint density at radius 2 is 1.16 bits per heavy atom. The Hall–Kier alpha value is -5.80. The van der Waals surface area contributed by atoms with E-state index >= 15 is 0 Å². The number of benzene rings is 7. The summed E-state index contributed by atoms with van der Waals surface area (Å²) >= 11 is 0. The number of hydrogen-bond acceptors (Lipinski definition) is 1. The molecule has 0 aliphatic rings. The molecular formula is C40H24N2O. The highest BCUT2D eigenvalue weighted by molar-refractivity contribution is 6.23. The normalized spacial score (nSPS) is 12.2. The van der Waals surface area contributed by atoms with Crippen molar-refractivity contribution in [3.63, 3.8) is 0 Å². The number of hydrogen-bond donors (Lipinski definition) is 1. The van der Waals surface area contributed by atoms with Gasteiger partial charge in [0.2, 0.25) is 0 Å². The summed E-state index contributed by atoms with van der Waals surface area (Å²) in [5, 5.41) is 9.76. The standard InChI is InChI=1S/C40H24N2O/c1-2-8-27(9-3-1)42-36-12-6-4-10-29(36)30-18-15-25(22-37(30)42)24-14-17-28-33-20-26-16-19-39-40(31-11-5-7-13-38(31)43-39)32(26)23-35(33)41-34(28)21-24/h1-23,41H. The molecule has 0 radical (unpaired) electrons. The molecule has 43 heavy (non-hydrogen) atoms. The first-order valence-electron chi connectivity index (χ1n) is 14.7. The highest BCUT2D eigenvalue weighted by Gasteiger charge is 2.15. The number of rotatable bonds is 2. The van der Waals surface area contributed by atoms with E-state index in [2.05, 4.69) is 137 Å². The monoisotopic (exact) mass is 548 g/mol. The first-order valence-corrected chi connectivity index (χ1v) is 14.7. The highest BCUT2D eigenvalue weighted by Crippen LogP contribution is 2.39. The van der Waals surface area contributed by atoms with Gasteiger partial charge in [0, 0.05) is 49.0 Å². The Kier molecular flexibility index (Phi) is 4.45. The molecule has 10 aromatic rings. The second-order valence-corrected chi connectivity index (χ2v) is 11.5.